The zero-order chi connectivity index (χ0) is 10.7. The summed E-state index contributed by atoms with van der Waals surface area (Å²) in [6, 6.07) is 8.92. The Kier molecular flexibility index (Phi) is 2.82. The van der Waals surface area contributed by atoms with Gasteiger partial charge in [0.2, 0.25) is 5.88 Å². The van der Waals surface area contributed by atoms with Crippen LogP contribution < -0.4 is 10.5 Å². The van der Waals surface area contributed by atoms with Gasteiger partial charge < -0.3 is 10.5 Å². The van der Waals surface area contributed by atoms with E-state index in [-0.39, 0.29) is 0 Å². The first-order chi connectivity index (χ1) is 7.25. The van der Waals surface area contributed by atoms with Crippen LogP contribution in [0.4, 0.5) is 5.69 Å². The maximum absolute atomic E-state index is 5.73. The molecule has 0 aliphatic carbocycles. The van der Waals surface area contributed by atoms with Crippen molar-refractivity contribution < 1.29 is 4.74 Å². The molecule has 0 amide bonds. The largest absolute Gasteiger partial charge is 0.437 e. The quantitative estimate of drug-likeness (QED) is 0.670. The monoisotopic (exact) mass is 265 g/mol. The summed E-state index contributed by atoms with van der Waals surface area (Å²) in [6.07, 6.45) is 1.42. The van der Waals surface area contributed by atoms with Gasteiger partial charge in [-0.3, -0.25) is 0 Å². The minimum Gasteiger partial charge on any atom is -0.437 e. The Labute approximate surface area is 95.2 Å². The number of halogens is 1. The van der Waals surface area contributed by atoms with Gasteiger partial charge in [0.05, 0.1) is 5.69 Å². The highest BCUT2D eigenvalue weighted by Gasteiger charge is 2.02. The molecule has 2 aromatic rings. The van der Waals surface area contributed by atoms with Crippen molar-refractivity contribution in [2.75, 3.05) is 5.73 Å². The standard InChI is InChI=1S/C10H8BrN3O/c11-9-5-10(14-6-13-9)15-8-4-2-1-3-7(8)12/h1-6H,12H2. The number of hydrogen-bond acceptors (Lipinski definition) is 4. The van der Waals surface area contributed by atoms with E-state index in [4.69, 9.17) is 10.5 Å². The Balaban J connectivity index is 2.26. The van der Waals surface area contributed by atoms with E-state index in [0.29, 0.717) is 21.9 Å². The number of benzene rings is 1. The third kappa shape index (κ3) is 2.44. The second-order valence-corrected chi connectivity index (χ2v) is 3.63. The Morgan fingerprint density at radius 2 is 2.00 bits per heavy atom. The summed E-state index contributed by atoms with van der Waals surface area (Å²) in [7, 11) is 0. The lowest BCUT2D eigenvalue weighted by molar-refractivity contribution is 0.463. The van der Waals surface area contributed by atoms with Crippen molar-refractivity contribution in [3.63, 3.8) is 0 Å². The molecule has 76 valence electrons. The van der Waals surface area contributed by atoms with Crippen LogP contribution in [-0.4, -0.2) is 9.97 Å². The van der Waals surface area contributed by atoms with Gasteiger partial charge in [-0.05, 0) is 28.1 Å². The van der Waals surface area contributed by atoms with Crippen molar-refractivity contribution in [3.05, 3.63) is 41.3 Å². The molecule has 0 bridgehead atoms. The van der Waals surface area contributed by atoms with Crippen LogP contribution in [0, 0.1) is 0 Å². The maximum atomic E-state index is 5.73. The van der Waals surface area contributed by atoms with Crippen molar-refractivity contribution in [3.8, 4) is 11.6 Å². The second kappa shape index (κ2) is 4.27. The van der Waals surface area contributed by atoms with Gasteiger partial charge in [-0.1, -0.05) is 12.1 Å². The molecule has 15 heavy (non-hydrogen) atoms. The highest BCUT2D eigenvalue weighted by Crippen LogP contribution is 2.25. The number of para-hydroxylation sites is 2. The number of anilines is 1. The molecule has 0 unspecified atom stereocenters. The third-order valence-electron chi connectivity index (χ3n) is 1.74. The summed E-state index contributed by atoms with van der Waals surface area (Å²) in [4.78, 5) is 7.86. The normalized spacial score (nSPS) is 9.93. The fourth-order valence-electron chi connectivity index (χ4n) is 1.06. The molecule has 1 aromatic carbocycles. The van der Waals surface area contributed by atoms with Crippen LogP contribution >= 0.6 is 15.9 Å². The van der Waals surface area contributed by atoms with Crippen molar-refractivity contribution in [2.24, 2.45) is 0 Å². The second-order valence-electron chi connectivity index (χ2n) is 2.82. The van der Waals surface area contributed by atoms with E-state index < -0.39 is 0 Å². The minimum atomic E-state index is 0.453. The van der Waals surface area contributed by atoms with E-state index in [1.165, 1.54) is 6.33 Å². The highest BCUT2D eigenvalue weighted by molar-refractivity contribution is 9.10. The SMILES string of the molecule is Nc1ccccc1Oc1cc(Br)ncn1. The Hall–Kier alpha value is -1.62. The predicted molar refractivity (Wildman–Crippen MR) is 60.7 cm³/mol. The number of nitrogen functional groups attached to an aromatic ring is 1. The number of hydrogen-bond donors (Lipinski definition) is 1. The maximum Gasteiger partial charge on any atom is 0.223 e. The molecule has 0 aliphatic rings. The Morgan fingerprint density at radius 1 is 1.20 bits per heavy atom. The summed E-state index contributed by atoms with van der Waals surface area (Å²) in [5.74, 6) is 1.04. The molecule has 1 heterocycles. The molecule has 0 saturated carbocycles. The zero-order valence-corrected chi connectivity index (χ0v) is 9.31. The van der Waals surface area contributed by atoms with Gasteiger partial charge in [0.15, 0.2) is 5.75 Å². The number of aromatic nitrogens is 2. The number of nitrogens with two attached hydrogens (primary N) is 1. The molecule has 5 heteroatoms. The molecule has 0 radical (unpaired) electrons. The zero-order valence-electron chi connectivity index (χ0n) is 7.72. The first-order valence-corrected chi connectivity index (χ1v) is 5.05. The van der Waals surface area contributed by atoms with Gasteiger partial charge in [0.25, 0.3) is 0 Å². The van der Waals surface area contributed by atoms with Gasteiger partial charge in [-0.15, -0.1) is 0 Å². The minimum absolute atomic E-state index is 0.453. The molecule has 4 nitrogen and oxygen atoms in total. The van der Waals surface area contributed by atoms with Crippen molar-refractivity contribution >= 4 is 21.6 Å². The van der Waals surface area contributed by atoms with Crippen LogP contribution in [0.2, 0.25) is 0 Å². The van der Waals surface area contributed by atoms with Crippen LogP contribution in [0.5, 0.6) is 11.6 Å². The van der Waals surface area contributed by atoms with Crippen molar-refractivity contribution in [1.29, 1.82) is 0 Å². The van der Waals surface area contributed by atoms with Crippen LogP contribution in [0.3, 0.4) is 0 Å². The van der Waals surface area contributed by atoms with Gasteiger partial charge >= 0.3 is 0 Å². The van der Waals surface area contributed by atoms with Gasteiger partial charge in [0, 0.05) is 6.07 Å². The smallest absolute Gasteiger partial charge is 0.223 e. The summed E-state index contributed by atoms with van der Waals surface area (Å²) in [5, 5.41) is 0. The molecule has 0 fully saturated rings. The summed E-state index contributed by atoms with van der Waals surface area (Å²) < 4.78 is 6.15. The average Bonchev–Trinajstić information content (AvgIpc) is 2.22. The number of rotatable bonds is 2. The van der Waals surface area contributed by atoms with E-state index in [9.17, 15) is 0 Å². The predicted octanol–water partition coefficient (Wildman–Crippen LogP) is 2.61. The topological polar surface area (TPSA) is 61.0 Å². The molecule has 0 saturated heterocycles. The van der Waals surface area contributed by atoms with E-state index in [1.54, 1.807) is 18.2 Å². The van der Waals surface area contributed by atoms with Crippen molar-refractivity contribution in [1.82, 2.24) is 9.97 Å². The van der Waals surface area contributed by atoms with Crippen LogP contribution in [-0.2, 0) is 0 Å². The molecular formula is C10H8BrN3O. The van der Waals surface area contributed by atoms with Gasteiger partial charge in [-0.25, -0.2) is 9.97 Å². The molecule has 0 aliphatic heterocycles. The lowest BCUT2D eigenvalue weighted by Crippen LogP contribution is -1.93. The fourth-order valence-corrected chi connectivity index (χ4v) is 1.35. The van der Waals surface area contributed by atoms with E-state index >= 15 is 0 Å². The van der Waals surface area contributed by atoms with E-state index in [1.807, 2.05) is 12.1 Å². The van der Waals surface area contributed by atoms with E-state index in [0.717, 1.165) is 0 Å². The average molecular weight is 266 g/mol. The molecular weight excluding hydrogens is 258 g/mol. The number of ether oxygens (including phenoxy) is 1. The van der Waals surface area contributed by atoms with Crippen LogP contribution in [0.25, 0.3) is 0 Å². The van der Waals surface area contributed by atoms with Crippen LogP contribution in [0.1, 0.15) is 0 Å². The highest BCUT2D eigenvalue weighted by atomic mass is 79.9. The molecule has 0 spiro atoms. The molecule has 2 rings (SSSR count). The first-order valence-electron chi connectivity index (χ1n) is 4.25. The van der Waals surface area contributed by atoms with Crippen molar-refractivity contribution in [2.45, 2.75) is 0 Å². The van der Waals surface area contributed by atoms with Gasteiger partial charge in [0.1, 0.15) is 10.9 Å². The summed E-state index contributed by atoms with van der Waals surface area (Å²) >= 11 is 3.23. The first kappa shape index (κ1) is 9.92. The Morgan fingerprint density at radius 3 is 2.73 bits per heavy atom. The lowest BCUT2D eigenvalue weighted by Gasteiger charge is -2.06. The summed E-state index contributed by atoms with van der Waals surface area (Å²) in [5.41, 5.74) is 6.30. The van der Waals surface area contributed by atoms with Crippen LogP contribution in [0.15, 0.2) is 41.3 Å². The number of nitrogens with zero attached hydrogens (tertiary/aromatic N) is 2. The van der Waals surface area contributed by atoms with Gasteiger partial charge in [-0.2, -0.15) is 0 Å². The Bertz CT molecular complexity index is 476. The lowest BCUT2D eigenvalue weighted by atomic mass is 10.3. The summed E-state index contributed by atoms with van der Waals surface area (Å²) in [6.45, 7) is 0. The third-order valence-corrected chi connectivity index (χ3v) is 2.18. The molecule has 1 aromatic heterocycles. The molecule has 0 atom stereocenters. The molecule has 2 N–H and O–H groups in total. The van der Waals surface area contributed by atoms with E-state index in [2.05, 4.69) is 25.9 Å². The fraction of sp³-hybridized carbons (Fsp3) is 0.